The Balaban J connectivity index is 4.18. The van der Waals surface area contributed by atoms with E-state index >= 15 is 0 Å². The number of carbonyl (C=O) groups excluding carboxylic acids is 2. The zero-order chi connectivity index (χ0) is 37.8. The number of rotatable bonds is 39. The molecule has 0 saturated heterocycles. The fourth-order valence-corrected chi connectivity index (χ4v) is 5.83. The van der Waals surface area contributed by atoms with Gasteiger partial charge in [-0.05, 0) is 64.2 Å². The Morgan fingerprint density at radius 2 is 0.865 bits per heavy atom. The molecular formula is C47H82O5. The van der Waals surface area contributed by atoms with Gasteiger partial charge in [-0.2, -0.15) is 0 Å². The van der Waals surface area contributed by atoms with Crippen molar-refractivity contribution in [1.29, 1.82) is 0 Å². The van der Waals surface area contributed by atoms with Gasteiger partial charge in [0.2, 0.25) is 0 Å². The Morgan fingerprint density at radius 1 is 0.442 bits per heavy atom. The minimum atomic E-state index is -0.542. The molecule has 0 N–H and O–H groups in total. The van der Waals surface area contributed by atoms with Crippen LogP contribution in [0.1, 0.15) is 201 Å². The van der Waals surface area contributed by atoms with Gasteiger partial charge in [0.1, 0.15) is 6.61 Å². The molecule has 0 spiro atoms. The minimum Gasteiger partial charge on any atom is -0.462 e. The van der Waals surface area contributed by atoms with Crippen molar-refractivity contribution in [2.24, 2.45) is 0 Å². The highest BCUT2D eigenvalue weighted by molar-refractivity contribution is 5.70. The highest BCUT2D eigenvalue weighted by atomic mass is 16.6. The molecule has 1 unspecified atom stereocenters. The molecule has 0 aliphatic heterocycles. The molecule has 1 atom stereocenters. The molecule has 0 bridgehead atoms. The molecule has 0 amide bonds. The minimum absolute atomic E-state index is 0.0757. The van der Waals surface area contributed by atoms with Gasteiger partial charge in [-0.15, -0.1) is 0 Å². The van der Waals surface area contributed by atoms with Gasteiger partial charge >= 0.3 is 11.9 Å². The summed E-state index contributed by atoms with van der Waals surface area (Å²) in [5.41, 5.74) is 0. The first kappa shape index (κ1) is 49.6. The second-order valence-electron chi connectivity index (χ2n) is 14.2. The number of unbranched alkanes of at least 4 members (excludes halogenated alkanes) is 18. The molecule has 0 aromatic heterocycles. The van der Waals surface area contributed by atoms with Gasteiger partial charge in [0.05, 0.1) is 6.61 Å². The Morgan fingerprint density at radius 3 is 1.38 bits per heavy atom. The highest BCUT2D eigenvalue weighted by Gasteiger charge is 2.17. The molecule has 0 radical (unpaired) electrons. The predicted octanol–water partition coefficient (Wildman–Crippen LogP) is 14.2. The second-order valence-corrected chi connectivity index (χ2v) is 14.2. The number of esters is 2. The molecule has 5 nitrogen and oxygen atoms in total. The quantitative estimate of drug-likeness (QED) is 0.0358. The molecule has 0 aliphatic rings. The molecular weight excluding hydrogens is 645 g/mol. The first-order chi connectivity index (χ1) is 25.6. The maximum Gasteiger partial charge on any atom is 0.306 e. The summed E-state index contributed by atoms with van der Waals surface area (Å²) < 4.78 is 17.2. The van der Waals surface area contributed by atoms with Crippen molar-refractivity contribution >= 4 is 11.9 Å². The molecule has 300 valence electrons. The molecule has 0 aromatic rings. The number of allylic oxidation sites excluding steroid dienone is 10. The second kappa shape index (κ2) is 43.0. The summed E-state index contributed by atoms with van der Waals surface area (Å²) in [7, 11) is 0. The first-order valence-electron chi connectivity index (χ1n) is 21.8. The normalized spacial score (nSPS) is 12.8. The smallest absolute Gasteiger partial charge is 0.306 e. The van der Waals surface area contributed by atoms with Crippen LogP contribution in [-0.2, 0) is 23.8 Å². The maximum absolute atomic E-state index is 12.6. The fraction of sp³-hybridized carbons (Fsp3) is 0.745. The van der Waals surface area contributed by atoms with Gasteiger partial charge < -0.3 is 14.2 Å². The predicted molar refractivity (Wildman–Crippen MR) is 224 cm³/mol. The Labute approximate surface area is 322 Å². The van der Waals surface area contributed by atoms with E-state index in [2.05, 4.69) is 81.5 Å². The Hall–Kier alpha value is -2.40. The molecule has 52 heavy (non-hydrogen) atoms. The Kier molecular flexibility index (Phi) is 41.0. The van der Waals surface area contributed by atoms with Gasteiger partial charge in [-0.25, -0.2) is 0 Å². The molecule has 0 aliphatic carbocycles. The number of carbonyl (C=O) groups is 2. The molecule has 0 heterocycles. The zero-order valence-corrected chi connectivity index (χ0v) is 34.3. The lowest BCUT2D eigenvalue weighted by atomic mass is 10.1. The SMILES string of the molecule is CC/C=C\C/C=C\C/C=C\C/C=C\C/C=C\CCCCCCOCC(COC(=O)CCCCCCCCCCC)OC(=O)CCCCCCCCC. The molecule has 0 fully saturated rings. The first-order valence-corrected chi connectivity index (χ1v) is 21.8. The lowest BCUT2D eigenvalue weighted by Gasteiger charge is -2.18. The van der Waals surface area contributed by atoms with Crippen LogP contribution in [0.15, 0.2) is 60.8 Å². The third kappa shape index (κ3) is 40.4. The summed E-state index contributed by atoms with van der Waals surface area (Å²) in [5, 5.41) is 0. The molecule has 0 aromatic carbocycles. The van der Waals surface area contributed by atoms with Crippen LogP contribution in [0.5, 0.6) is 0 Å². The summed E-state index contributed by atoms with van der Waals surface area (Å²) in [5.74, 6) is -0.421. The van der Waals surface area contributed by atoms with Gasteiger partial charge in [-0.3, -0.25) is 9.59 Å². The summed E-state index contributed by atoms with van der Waals surface area (Å²) in [6.07, 6.45) is 52.3. The summed E-state index contributed by atoms with van der Waals surface area (Å²) in [4.78, 5) is 25.0. The van der Waals surface area contributed by atoms with Gasteiger partial charge in [-0.1, -0.05) is 184 Å². The van der Waals surface area contributed by atoms with E-state index in [1.165, 1.54) is 89.9 Å². The highest BCUT2D eigenvalue weighted by Crippen LogP contribution is 2.13. The average Bonchev–Trinajstić information content (AvgIpc) is 3.14. The van der Waals surface area contributed by atoms with Gasteiger partial charge in [0.15, 0.2) is 6.10 Å². The van der Waals surface area contributed by atoms with Crippen LogP contribution in [0.2, 0.25) is 0 Å². The van der Waals surface area contributed by atoms with Crippen molar-refractivity contribution in [3.8, 4) is 0 Å². The van der Waals surface area contributed by atoms with Crippen LogP contribution in [0, 0.1) is 0 Å². The van der Waals surface area contributed by atoms with E-state index < -0.39 is 6.10 Å². The van der Waals surface area contributed by atoms with Crippen LogP contribution in [0.4, 0.5) is 0 Å². The Bertz CT molecular complexity index is 915. The number of hydrogen-bond acceptors (Lipinski definition) is 5. The topological polar surface area (TPSA) is 61.8 Å². The van der Waals surface area contributed by atoms with E-state index in [1.54, 1.807) is 0 Å². The standard InChI is InChI=1S/C47H82O5/c1-4-7-10-13-16-18-19-20-21-22-23-24-25-26-27-28-30-33-36-39-42-50-43-45(52-47(49)41-38-35-31-15-12-9-6-3)44-51-46(48)40-37-34-32-29-17-14-11-8-5-2/h7,10,16,18,20-21,23-24,26-27,45H,4-6,8-9,11-15,17,19,22,25,28-44H2,1-3H3/b10-7-,18-16-,21-20-,24-23-,27-26-. The number of ether oxygens (including phenoxy) is 3. The van der Waals surface area contributed by atoms with Crippen molar-refractivity contribution in [3.05, 3.63) is 60.8 Å². The lowest BCUT2D eigenvalue weighted by Crippen LogP contribution is -2.30. The third-order valence-electron chi connectivity index (χ3n) is 9.07. The van der Waals surface area contributed by atoms with E-state index in [4.69, 9.17) is 14.2 Å². The van der Waals surface area contributed by atoms with E-state index in [0.29, 0.717) is 19.4 Å². The largest absolute Gasteiger partial charge is 0.462 e. The van der Waals surface area contributed by atoms with Crippen LogP contribution >= 0.6 is 0 Å². The monoisotopic (exact) mass is 727 g/mol. The fourth-order valence-electron chi connectivity index (χ4n) is 5.83. The van der Waals surface area contributed by atoms with E-state index in [9.17, 15) is 9.59 Å². The van der Waals surface area contributed by atoms with Crippen LogP contribution < -0.4 is 0 Å². The lowest BCUT2D eigenvalue weighted by molar-refractivity contribution is -0.163. The summed E-state index contributed by atoms with van der Waals surface area (Å²) in [6, 6.07) is 0. The zero-order valence-electron chi connectivity index (χ0n) is 34.3. The third-order valence-corrected chi connectivity index (χ3v) is 9.07. The van der Waals surface area contributed by atoms with Crippen LogP contribution in [0.3, 0.4) is 0 Å². The van der Waals surface area contributed by atoms with Crippen LogP contribution in [0.25, 0.3) is 0 Å². The summed E-state index contributed by atoms with van der Waals surface area (Å²) >= 11 is 0. The molecule has 0 saturated carbocycles. The van der Waals surface area contributed by atoms with Crippen LogP contribution in [-0.4, -0.2) is 37.9 Å². The molecule has 5 heteroatoms. The average molecular weight is 727 g/mol. The van der Waals surface area contributed by atoms with Crippen molar-refractivity contribution in [2.45, 2.75) is 207 Å². The number of hydrogen-bond donors (Lipinski definition) is 0. The maximum atomic E-state index is 12.6. The van der Waals surface area contributed by atoms with Crippen molar-refractivity contribution in [3.63, 3.8) is 0 Å². The van der Waals surface area contributed by atoms with E-state index in [1.807, 2.05) is 0 Å². The van der Waals surface area contributed by atoms with Gasteiger partial charge in [0, 0.05) is 19.4 Å². The van der Waals surface area contributed by atoms with E-state index in [0.717, 1.165) is 77.0 Å². The van der Waals surface area contributed by atoms with E-state index in [-0.39, 0.29) is 25.2 Å². The van der Waals surface area contributed by atoms with Crippen molar-refractivity contribution < 1.29 is 23.8 Å². The van der Waals surface area contributed by atoms with Crippen molar-refractivity contribution in [1.82, 2.24) is 0 Å². The van der Waals surface area contributed by atoms with Crippen molar-refractivity contribution in [2.75, 3.05) is 19.8 Å². The molecule has 0 rings (SSSR count). The summed E-state index contributed by atoms with van der Waals surface area (Å²) in [6.45, 7) is 7.60. The van der Waals surface area contributed by atoms with Gasteiger partial charge in [0.25, 0.3) is 0 Å².